The second-order valence-corrected chi connectivity index (χ2v) is 40.8. The van der Waals surface area contributed by atoms with E-state index in [2.05, 4.69) is 31.9 Å². The molecule has 1 aliphatic carbocycles. The number of benzene rings is 10. The minimum atomic E-state index is -3.01. The van der Waals surface area contributed by atoms with Gasteiger partial charge in [0.1, 0.15) is 100 Å². The number of hydrogen-bond donors (Lipinski definition) is 7. The Morgan fingerprint density at radius 3 is 1.23 bits per heavy atom. The van der Waals surface area contributed by atoms with Crippen LogP contribution in [-0.2, 0) is 124 Å². The van der Waals surface area contributed by atoms with Crippen LogP contribution in [0, 0.1) is 0 Å². The first-order chi connectivity index (χ1) is 68.5. The Morgan fingerprint density at radius 1 is 0.383 bits per heavy atom. The molecule has 20 unspecified atom stereocenters. The van der Waals surface area contributed by atoms with Gasteiger partial charge in [0.2, 0.25) is 0 Å². The smallest absolute Gasteiger partial charge is 0.407 e. The van der Waals surface area contributed by atoms with Crippen molar-refractivity contribution in [3.8, 4) is 0 Å². The second kappa shape index (κ2) is 50.2. The van der Waals surface area contributed by atoms with Gasteiger partial charge in [-0.05, 0) is 107 Å². The summed E-state index contributed by atoms with van der Waals surface area (Å²) in [6.07, 6.45) is -32.0. The number of fused-ring (bicyclic) bond motifs is 1. The van der Waals surface area contributed by atoms with E-state index >= 15 is 28.8 Å². The number of aliphatic hydroxyl groups is 1. The molecular weight excluding hydrogens is 1830 g/mol. The molecule has 34 heteroatoms. The van der Waals surface area contributed by atoms with Crippen LogP contribution >= 0.6 is 0 Å². The number of carbonyl (C=O) groups is 8. The highest BCUT2D eigenvalue weighted by molar-refractivity contribution is 6.74. The van der Waals surface area contributed by atoms with E-state index in [1.165, 1.54) is 36.4 Å². The highest BCUT2D eigenvalue weighted by atomic mass is 28.4. The predicted molar refractivity (Wildman–Crippen MR) is 513 cm³/mol. The highest BCUT2D eigenvalue weighted by Gasteiger charge is 2.61. The van der Waals surface area contributed by atoms with Crippen molar-refractivity contribution < 1.29 is 128 Å². The van der Waals surface area contributed by atoms with E-state index < -0.39 is 197 Å². The molecule has 33 nitrogen and oxygen atoms in total. The second-order valence-electron chi connectivity index (χ2n) is 36.0. The molecule has 5 amide bonds. The summed E-state index contributed by atoms with van der Waals surface area (Å²) in [5, 5.41) is 30.7. The molecule has 7 N–H and O–H groups in total. The zero-order valence-corrected chi connectivity index (χ0v) is 79.7. The third-order valence-electron chi connectivity index (χ3n) is 25.1. The Labute approximate surface area is 818 Å². The molecule has 1 saturated carbocycles. The minimum absolute atomic E-state index is 0.00872. The molecule has 4 aliphatic heterocycles. The Bertz CT molecular complexity index is 5620. The number of hydrogen-bond acceptors (Lipinski definition) is 28. The number of alkyl carbamates (subject to hydrolysis) is 5. The average Bonchev–Trinajstić information content (AvgIpc) is 1.36. The normalized spacial score (nSPS) is 24.8. The monoisotopic (exact) mass is 1950 g/mol. The largest absolute Gasteiger partial charge is 0.454 e. The Morgan fingerprint density at radius 2 is 0.766 bits per heavy atom. The quantitative estimate of drug-likeness (QED) is 0.00814. The van der Waals surface area contributed by atoms with Gasteiger partial charge in [-0.25, -0.2) is 38.4 Å². The summed E-state index contributed by atoms with van der Waals surface area (Å²) in [5.74, 6) is -2.93. The van der Waals surface area contributed by atoms with Gasteiger partial charge in [-0.1, -0.05) is 288 Å². The molecule has 0 aromatic heterocycles. The summed E-state index contributed by atoms with van der Waals surface area (Å²) in [7, 11) is -3.01. The van der Waals surface area contributed by atoms with Gasteiger partial charge >= 0.3 is 48.4 Å². The lowest BCUT2D eigenvalue weighted by Crippen LogP contribution is -2.71. The van der Waals surface area contributed by atoms with Crippen LogP contribution in [-0.4, -0.2) is 218 Å². The van der Waals surface area contributed by atoms with Gasteiger partial charge in [0.25, 0.3) is 0 Å². The number of carbonyl (C=O) groups excluding carboxylic acids is 8. The van der Waals surface area contributed by atoms with E-state index in [-0.39, 0.29) is 76.1 Å². The van der Waals surface area contributed by atoms with Crippen molar-refractivity contribution >= 4 is 56.7 Å². The van der Waals surface area contributed by atoms with Crippen molar-refractivity contribution in [3.05, 3.63) is 359 Å². The number of nitrogens with one attached hydrogen (secondary N) is 6. The van der Waals surface area contributed by atoms with Crippen LogP contribution in [0.4, 0.5) is 24.0 Å². The van der Waals surface area contributed by atoms with Crippen molar-refractivity contribution in [2.24, 2.45) is 0 Å². The lowest BCUT2D eigenvalue weighted by atomic mass is 9.83. The molecule has 742 valence electrons. The summed E-state index contributed by atoms with van der Waals surface area (Å²) in [6, 6.07) is 79.9. The molecule has 20 atom stereocenters. The molecule has 10 aromatic rings. The van der Waals surface area contributed by atoms with Gasteiger partial charge in [0, 0.05) is 12.1 Å². The average molecular weight is 1950 g/mol. The van der Waals surface area contributed by atoms with Crippen LogP contribution in [0.25, 0.3) is 0 Å². The topological polar surface area (TPSA) is 395 Å². The van der Waals surface area contributed by atoms with E-state index in [1.54, 1.807) is 231 Å². The van der Waals surface area contributed by atoms with Crippen LogP contribution in [0.2, 0.25) is 18.1 Å². The first-order valence-electron chi connectivity index (χ1n) is 47.0. The van der Waals surface area contributed by atoms with Gasteiger partial charge in [-0.3, -0.25) is 0 Å². The van der Waals surface area contributed by atoms with E-state index in [1.807, 2.05) is 70.3 Å². The maximum Gasteiger partial charge on any atom is 0.407 e. The molecule has 141 heavy (non-hydrogen) atoms. The Balaban J connectivity index is 0.894. The Kier molecular flexibility index (Phi) is 36.3. The lowest BCUT2D eigenvalue weighted by molar-refractivity contribution is -0.358. The molecule has 4 heterocycles. The lowest BCUT2D eigenvalue weighted by Gasteiger charge is -2.51. The fraction of sp³-hybridized carbons (Fsp3) is 0.364. The van der Waals surface area contributed by atoms with Crippen LogP contribution in [0.3, 0.4) is 0 Å². The summed E-state index contributed by atoms with van der Waals surface area (Å²) in [4.78, 5) is 121. The zero-order chi connectivity index (χ0) is 98.5. The van der Waals surface area contributed by atoms with Gasteiger partial charge < -0.3 is 122 Å². The molecule has 0 radical (unpaired) electrons. The van der Waals surface area contributed by atoms with E-state index in [0.29, 0.717) is 46.3 Å². The van der Waals surface area contributed by atoms with Crippen molar-refractivity contribution in [2.75, 3.05) is 39.5 Å². The molecule has 15 rings (SSSR count). The number of amides is 5. The number of ether oxygens (including phenoxy) is 17. The molecule has 10 aromatic carbocycles. The number of aliphatic hydroxyl groups excluding tert-OH is 1. The van der Waals surface area contributed by atoms with Crippen molar-refractivity contribution in [3.63, 3.8) is 0 Å². The molecule has 5 fully saturated rings. The molecule has 4 saturated heterocycles. The van der Waals surface area contributed by atoms with E-state index in [0.717, 1.165) is 5.56 Å². The fourth-order valence-electron chi connectivity index (χ4n) is 16.6. The minimum Gasteiger partial charge on any atom is -0.454 e. The van der Waals surface area contributed by atoms with Gasteiger partial charge in [0.05, 0.1) is 55.1 Å². The molecule has 0 spiro atoms. The fourth-order valence-corrected chi connectivity index (χ4v) is 17.6. The molecular formula is C107H118N6O27Si. The van der Waals surface area contributed by atoms with Crippen LogP contribution in [0.1, 0.15) is 104 Å². The highest BCUT2D eigenvalue weighted by Crippen LogP contribution is 2.43. The van der Waals surface area contributed by atoms with Gasteiger partial charge in [0.15, 0.2) is 51.8 Å². The standard InChI is InChI=1S/C107H118N6O27Si/c1-107(2,3)141(4,5)130-68-83-91(139-100-85(113-106(122)129-66-74-46-26-11-27-47-74)92(136-97(117)77-52-32-14-33-53-77)90(135-96(116)76-50-30-13-31-51-76)81(131-100)61-109-102(118)125-62-70-38-18-7-19-39-70)94(123-59-58-108-57-56-69-36-16-6-17-37-69)101(133-83)140-93-87(134-95(115)75-48-28-12-29-49-75)79(110-103(119)126-63-71-40-20-8-21-41-71)60-80(111-104(120)127-64-72-42-22-9-23-43-72)88(93)137-99-84(112-105(121)128-65-73-44-24-10-25-45-73)86(114)89-82(132-99)67-124-98(138-89)78-54-34-15-35-55-78/h6-55,79-94,98-101,108,114H,56-68H2,1-5H3,(H,109,118)(H,110,119)(H,111,120)(H,112,121)(H,113,122). The summed E-state index contributed by atoms with van der Waals surface area (Å²) in [5.41, 5.74) is 4.66. The Hall–Kier alpha value is -13.3. The van der Waals surface area contributed by atoms with Crippen LogP contribution in [0.5, 0.6) is 0 Å². The maximum atomic E-state index is 15.7. The zero-order valence-electron chi connectivity index (χ0n) is 78.7. The van der Waals surface area contributed by atoms with Crippen LogP contribution in [0.15, 0.2) is 303 Å². The van der Waals surface area contributed by atoms with Crippen molar-refractivity contribution in [1.29, 1.82) is 0 Å². The summed E-state index contributed by atoms with van der Waals surface area (Å²) >= 11 is 0. The van der Waals surface area contributed by atoms with Crippen molar-refractivity contribution in [1.82, 2.24) is 31.9 Å². The summed E-state index contributed by atoms with van der Waals surface area (Å²) < 4.78 is 122. The first kappa shape index (κ1) is 102. The van der Waals surface area contributed by atoms with Crippen LogP contribution < -0.4 is 31.9 Å². The van der Waals surface area contributed by atoms with Crippen molar-refractivity contribution in [2.45, 2.75) is 207 Å². The number of rotatable bonds is 39. The predicted octanol–water partition coefficient (Wildman–Crippen LogP) is 14.2. The molecule has 0 bridgehead atoms. The maximum absolute atomic E-state index is 15.7. The molecule has 5 aliphatic rings. The number of esters is 3. The van der Waals surface area contributed by atoms with E-state index in [4.69, 9.17) is 85.0 Å². The van der Waals surface area contributed by atoms with Gasteiger partial charge in [-0.2, -0.15) is 0 Å². The van der Waals surface area contributed by atoms with E-state index in [9.17, 15) is 14.7 Å². The summed E-state index contributed by atoms with van der Waals surface area (Å²) in [6.45, 7) is 7.92. The SMILES string of the molecule is CC(C)(C)[Si](C)(C)OCC1OC(OC2C(OC(=O)c3ccccc3)C(NC(=O)OCc3ccccc3)CC(NC(=O)OCc3ccccc3)C2OC2OC3COC(c4ccccc4)OC3C(O)C2NC(=O)OCc2ccccc2)C(OCCNCCc2ccccc2)C1OC1OC(CNC(=O)OCc2ccccc2)C(OC(=O)c2ccccc2)C(OC(=O)c2ccccc2)C1NC(=O)OCc1ccccc1. The first-order valence-corrected chi connectivity index (χ1v) is 49.9. The van der Waals surface area contributed by atoms with Gasteiger partial charge in [-0.15, -0.1) is 0 Å². The third-order valence-corrected chi connectivity index (χ3v) is 29.6. The third kappa shape index (κ3) is 28.8.